The minimum atomic E-state index is 0.325. The second kappa shape index (κ2) is 6.43. The molecular weight excluding hydrogens is 278 g/mol. The first-order chi connectivity index (χ1) is 9.65. The molecule has 0 aliphatic carbocycles. The fraction of sp³-hybridized carbons (Fsp3) is 0.286. The number of rotatable bonds is 5. The molecule has 0 unspecified atom stereocenters. The van der Waals surface area contributed by atoms with E-state index in [1.54, 1.807) is 13.2 Å². The second-order valence-corrected chi connectivity index (χ2v) is 4.53. The maximum atomic E-state index is 6.12. The molecule has 6 heteroatoms. The Morgan fingerprint density at radius 3 is 2.80 bits per heavy atom. The van der Waals surface area contributed by atoms with Crippen LogP contribution < -0.4 is 14.8 Å². The number of halogens is 1. The molecule has 106 valence electrons. The number of anilines is 1. The van der Waals surface area contributed by atoms with Crippen molar-refractivity contribution in [1.82, 2.24) is 9.97 Å². The van der Waals surface area contributed by atoms with E-state index < -0.39 is 0 Å². The van der Waals surface area contributed by atoms with Crippen LogP contribution >= 0.6 is 11.6 Å². The summed E-state index contributed by atoms with van der Waals surface area (Å²) < 4.78 is 11.1. The van der Waals surface area contributed by atoms with Gasteiger partial charge in [-0.3, -0.25) is 0 Å². The zero-order valence-corrected chi connectivity index (χ0v) is 12.4. The van der Waals surface area contributed by atoms with Crippen molar-refractivity contribution < 1.29 is 9.47 Å². The fourth-order valence-corrected chi connectivity index (χ4v) is 1.86. The number of benzene rings is 1. The zero-order valence-electron chi connectivity index (χ0n) is 11.6. The number of aryl methyl sites for hydroxylation is 1. The first-order valence-corrected chi connectivity index (χ1v) is 6.60. The largest absolute Gasteiger partial charge is 0.489 e. The van der Waals surface area contributed by atoms with Crippen LogP contribution in [0.5, 0.6) is 17.4 Å². The number of nitrogens with zero attached hydrogens (tertiary/aromatic N) is 2. The van der Waals surface area contributed by atoms with Gasteiger partial charge in [0.05, 0.1) is 12.1 Å². The van der Waals surface area contributed by atoms with Crippen molar-refractivity contribution in [2.75, 3.05) is 19.0 Å². The van der Waals surface area contributed by atoms with Crippen LogP contribution in [0.1, 0.15) is 12.5 Å². The molecule has 0 aliphatic rings. The van der Waals surface area contributed by atoms with Crippen molar-refractivity contribution in [2.24, 2.45) is 0 Å². The van der Waals surface area contributed by atoms with Crippen LogP contribution in [0.2, 0.25) is 5.02 Å². The molecule has 1 aromatic heterocycles. The van der Waals surface area contributed by atoms with Crippen molar-refractivity contribution in [3.05, 3.63) is 35.1 Å². The van der Waals surface area contributed by atoms with Gasteiger partial charge in [0.2, 0.25) is 5.75 Å². The maximum Gasteiger partial charge on any atom is 0.268 e. The third-order valence-electron chi connectivity index (χ3n) is 2.61. The smallest absolute Gasteiger partial charge is 0.268 e. The summed E-state index contributed by atoms with van der Waals surface area (Å²) in [5.41, 5.74) is 1.05. The van der Waals surface area contributed by atoms with Gasteiger partial charge in [-0.05, 0) is 31.5 Å². The van der Waals surface area contributed by atoms with Gasteiger partial charge in [0, 0.05) is 6.54 Å². The standard InChI is InChI=1S/C14H16ClN3O2/c1-4-16-13-12(19-3)14(18-8-17-13)20-11-7-9(2)5-6-10(11)15/h5-8H,4H2,1-3H3,(H,16,17,18). The molecule has 0 bridgehead atoms. The molecule has 20 heavy (non-hydrogen) atoms. The summed E-state index contributed by atoms with van der Waals surface area (Å²) in [6.45, 7) is 4.65. The Labute approximate surface area is 122 Å². The van der Waals surface area contributed by atoms with E-state index in [0.29, 0.717) is 28.2 Å². The van der Waals surface area contributed by atoms with E-state index in [1.807, 2.05) is 26.0 Å². The van der Waals surface area contributed by atoms with Gasteiger partial charge in [-0.2, -0.15) is 4.98 Å². The van der Waals surface area contributed by atoms with Crippen LogP contribution in [0.3, 0.4) is 0 Å². The normalized spacial score (nSPS) is 10.2. The van der Waals surface area contributed by atoms with Crippen LogP contribution in [-0.4, -0.2) is 23.6 Å². The number of hydrogen-bond donors (Lipinski definition) is 1. The van der Waals surface area contributed by atoms with Gasteiger partial charge in [-0.25, -0.2) is 4.98 Å². The molecule has 2 rings (SSSR count). The number of methoxy groups -OCH3 is 1. The average molecular weight is 294 g/mol. The molecular formula is C14H16ClN3O2. The van der Waals surface area contributed by atoms with E-state index in [4.69, 9.17) is 21.1 Å². The van der Waals surface area contributed by atoms with Crippen LogP contribution in [0.4, 0.5) is 5.82 Å². The lowest BCUT2D eigenvalue weighted by Gasteiger charge is -2.13. The molecule has 0 fully saturated rings. The van der Waals surface area contributed by atoms with Gasteiger partial charge < -0.3 is 14.8 Å². The monoisotopic (exact) mass is 293 g/mol. The highest BCUT2D eigenvalue weighted by atomic mass is 35.5. The number of aromatic nitrogens is 2. The van der Waals surface area contributed by atoms with Gasteiger partial charge in [-0.1, -0.05) is 17.7 Å². The quantitative estimate of drug-likeness (QED) is 0.911. The van der Waals surface area contributed by atoms with Crippen molar-refractivity contribution in [1.29, 1.82) is 0 Å². The third kappa shape index (κ3) is 3.11. The molecule has 0 amide bonds. The summed E-state index contributed by atoms with van der Waals surface area (Å²) in [6, 6.07) is 5.54. The first-order valence-electron chi connectivity index (χ1n) is 6.22. The lowest BCUT2D eigenvalue weighted by molar-refractivity contribution is 0.369. The number of ether oxygens (including phenoxy) is 2. The Bertz CT molecular complexity index is 605. The van der Waals surface area contributed by atoms with E-state index in [1.165, 1.54) is 6.33 Å². The zero-order chi connectivity index (χ0) is 14.5. The highest BCUT2D eigenvalue weighted by Gasteiger charge is 2.15. The first kappa shape index (κ1) is 14.4. The summed E-state index contributed by atoms with van der Waals surface area (Å²) in [7, 11) is 1.55. The Morgan fingerprint density at radius 2 is 2.10 bits per heavy atom. The summed E-state index contributed by atoms with van der Waals surface area (Å²) >= 11 is 6.12. The van der Waals surface area contributed by atoms with Crippen LogP contribution in [0, 0.1) is 6.92 Å². The predicted octanol–water partition coefficient (Wildman–Crippen LogP) is 3.67. The summed E-state index contributed by atoms with van der Waals surface area (Å²) in [6.07, 6.45) is 1.42. The molecule has 0 atom stereocenters. The lowest BCUT2D eigenvalue weighted by atomic mass is 10.2. The minimum absolute atomic E-state index is 0.325. The fourth-order valence-electron chi connectivity index (χ4n) is 1.70. The number of hydrogen-bond acceptors (Lipinski definition) is 5. The highest BCUT2D eigenvalue weighted by molar-refractivity contribution is 6.32. The van der Waals surface area contributed by atoms with Crippen molar-refractivity contribution in [3.63, 3.8) is 0 Å². The third-order valence-corrected chi connectivity index (χ3v) is 2.93. The van der Waals surface area contributed by atoms with Gasteiger partial charge in [0.1, 0.15) is 12.1 Å². The van der Waals surface area contributed by atoms with Crippen LogP contribution in [0.15, 0.2) is 24.5 Å². The lowest BCUT2D eigenvalue weighted by Crippen LogP contribution is -2.04. The van der Waals surface area contributed by atoms with E-state index in [0.717, 1.165) is 12.1 Å². The van der Waals surface area contributed by atoms with Gasteiger partial charge in [-0.15, -0.1) is 0 Å². The van der Waals surface area contributed by atoms with Crippen LogP contribution in [0.25, 0.3) is 0 Å². The summed E-state index contributed by atoms with van der Waals surface area (Å²) in [5, 5.41) is 3.61. The Kier molecular flexibility index (Phi) is 4.63. The number of nitrogens with one attached hydrogen (secondary N) is 1. The van der Waals surface area contributed by atoms with Crippen molar-refractivity contribution >= 4 is 17.4 Å². The topological polar surface area (TPSA) is 56.3 Å². The molecule has 0 radical (unpaired) electrons. The molecule has 1 heterocycles. The highest BCUT2D eigenvalue weighted by Crippen LogP contribution is 2.36. The van der Waals surface area contributed by atoms with Crippen molar-refractivity contribution in [2.45, 2.75) is 13.8 Å². The molecule has 5 nitrogen and oxygen atoms in total. The van der Waals surface area contributed by atoms with E-state index in [2.05, 4.69) is 15.3 Å². The summed E-state index contributed by atoms with van der Waals surface area (Å²) in [4.78, 5) is 8.22. The molecule has 0 saturated heterocycles. The molecule has 1 N–H and O–H groups in total. The minimum Gasteiger partial charge on any atom is -0.489 e. The summed E-state index contributed by atoms with van der Waals surface area (Å²) in [5.74, 6) is 1.90. The molecule has 0 saturated carbocycles. The van der Waals surface area contributed by atoms with E-state index in [-0.39, 0.29) is 0 Å². The molecule has 1 aromatic carbocycles. The van der Waals surface area contributed by atoms with Gasteiger partial charge in [0.15, 0.2) is 5.82 Å². The molecule has 0 spiro atoms. The second-order valence-electron chi connectivity index (χ2n) is 4.13. The molecule has 0 aliphatic heterocycles. The predicted molar refractivity (Wildman–Crippen MR) is 79.0 cm³/mol. The van der Waals surface area contributed by atoms with Crippen LogP contribution in [-0.2, 0) is 0 Å². The average Bonchev–Trinajstić information content (AvgIpc) is 2.43. The SMILES string of the molecule is CCNc1ncnc(Oc2cc(C)ccc2Cl)c1OC. The van der Waals surface area contributed by atoms with E-state index >= 15 is 0 Å². The Hall–Kier alpha value is -2.01. The Morgan fingerprint density at radius 1 is 1.30 bits per heavy atom. The van der Waals surface area contributed by atoms with E-state index in [9.17, 15) is 0 Å². The maximum absolute atomic E-state index is 6.12. The molecule has 2 aromatic rings. The van der Waals surface area contributed by atoms with Crippen molar-refractivity contribution in [3.8, 4) is 17.4 Å². The van der Waals surface area contributed by atoms with Gasteiger partial charge >= 0.3 is 0 Å². The van der Waals surface area contributed by atoms with Gasteiger partial charge in [0.25, 0.3) is 5.88 Å². The Balaban J connectivity index is 2.37.